The van der Waals surface area contributed by atoms with Gasteiger partial charge in [0.1, 0.15) is 12.7 Å². The minimum atomic E-state index is -0.405. The fraction of sp³-hybridized carbons (Fsp3) is 0.0833. The summed E-state index contributed by atoms with van der Waals surface area (Å²) in [5.41, 5.74) is 6.99. The van der Waals surface area contributed by atoms with Crippen LogP contribution in [0.1, 0.15) is 16.2 Å². The number of aromatic nitrogens is 6. The Morgan fingerprint density at radius 1 is 1.43 bits per heavy atom. The first-order valence-corrected chi connectivity index (χ1v) is 6.11. The molecule has 9 nitrogen and oxygen atoms in total. The molecule has 0 spiro atoms. The third kappa shape index (κ3) is 3.03. The van der Waals surface area contributed by atoms with E-state index in [4.69, 9.17) is 5.73 Å². The van der Waals surface area contributed by atoms with Gasteiger partial charge in [-0.15, -0.1) is 5.10 Å². The van der Waals surface area contributed by atoms with Crippen molar-refractivity contribution >= 4 is 17.5 Å². The van der Waals surface area contributed by atoms with Crippen LogP contribution in [0, 0.1) is 0 Å². The van der Waals surface area contributed by atoms with Crippen molar-refractivity contribution in [3.63, 3.8) is 0 Å². The van der Waals surface area contributed by atoms with Gasteiger partial charge in [0.2, 0.25) is 11.8 Å². The highest BCUT2D eigenvalue weighted by Crippen LogP contribution is 2.12. The number of amides is 1. The molecule has 0 aliphatic heterocycles. The predicted molar refractivity (Wildman–Crippen MR) is 74.3 cm³/mol. The van der Waals surface area contributed by atoms with Crippen LogP contribution < -0.4 is 11.1 Å². The molecule has 0 radical (unpaired) electrons. The normalized spacial score (nSPS) is 10.5. The van der Waals surface area contributed by atoms with Gasteiger partial charge in [-0.3, -0.25) is 9.89 Å². The zero-order chi connectivity index (χ0) is 14.7. The van der Waals surface area contributed by atoms with Crippen molar-refractivity contribution in [2.75, 3.05) is 11.1 Å². The highest BCUT2D eigenvalue weighted by Gasteiger charge is 2.11. The lowest BCUT2D eigenvalue weighted by Gasteiger charge is -2.06. The van der Waals surface area contributed by atoms with Gasteiger partial charge in [0.15, 0.2) is 0 Å². The second kappa shape index (κ2) is 5.41. The van der Waals surface area contributed by atoms with Crippen LogP contribution in [0.25, 0.3) is 0 Å². The lowest BCUT2D eigenvalue weighted by molar-refractivity contribution is 0.101. The maximum atomic E-state index is 11.9. The monoisotopic (exact) mass is 284 g/mol. The van der Waals surface area contributed by atoms with Crippen LogP contribution in [0.4, 0.5) is 11.6 Å². The van der Waals surface area contributed by atoms with Crippen LogP contribution in [0.15, 0.2) is 36.9 Å². The Hall–Kier alpha value is -3.23. The minimum Gasteiger partial charge on any atom is -0.366 e. The van der Waals surface area contributed by atoms with Crippen LogP contribution in [0.5, 0.6) is 0 Å². The fourth-order valence-electron chi connectivity index (χ4n) is 1.82. The molecule has 0 saturated heterocycles. The summed E-state index contributed by atoms with van der Waals surface area (Å²) in [5.74, 6) is -0.314. The van der Waals surface area contributed by atoms with Gasteiger partial charge in [0, 0.05) is 5.69 Å². The van der Waals surface area contributed by atoms with Gasteiger partial charge in [0.25, 0.3) is 5.91 Å². The molecule has 0 bridgehead atoms. The third-order valence-electron chi connectivity index (χ3n) is 2.71. The number of hydrogen-bond acceptors (Lipinski definition) is 6. The summed E-state index contributed by atoms with van der Waals surface area (Å²) in [6.07, 6.45) is 3.10. The molecule has 2 aromatic heterocycles. The lowest BCUT2D eigenvalue weighted by Crippen LogP contribution is -2.14. The molecule has 0 fully saturated rings. The molecular formula is C12H12N8O. The molecule has 1 aromatic carbocycles. The van der Waals surface area contributed by atoms with E-state index in [0.29, 0.717) is 12.2 Å². The van der Waals surface area contributed by atoms with E-state index in [1.54, 1.807) is 17.1 Å². The SMILES string of the molecule is Nc1n[nH]c(C(=O)Nc2cccc(Cn3cncn3)c2)n1. The van der Waals surface area contributed by atoms with Crippen LogP contribution >= 0.6 is 0 Å². The highest BCUT2D eigenvalue weighted by molar-refractivity contribution is 6.01. The van der Waals surface area contributed by atoms with Crippen LogP contribution in [0.3, 0.4) is 0 Å². The summed E-state index contributed by atoms with van der Waals surface area (Å²) in [5, 5.41) is 12.8. The zero-order valence-corrected chi connectivity index (χ0v) is 10.9. The van der Waals surface area contributed by atoms with Crippen molar-refractivity contribution in [2.24, 2.45) is 0 Å². The molecule has 3 aromatic rings. The average Bonchev–Trinajstić information content (AvgIpc) is 3.11. The molecule has 9 heteroatoms. The van der Waals surface area contributed by atoms with Crippen molar-refractivity contribution in [2.45, 2.75) is 6.54 Å². The molecule has 21 heavy (non-hydrogen) atoms. The molecule has 4 N–H and O–H groups in total. The fourth-order valence-corrected chi connectivity index (χ4v) is 1.82. The number of nitrogens with one attached hydrogen (secondary N) is 2. The summed E-state index contributed by atoms with van der Waals surface area (Å²) in [7, 11) is 0. The van der Waals surface area contributed by atoms with E-state index in [1.165, 1.54) is 6.33 Å². The largest absolute Gasteiger partial charge is 0.366 e. The van der Waals surface area contributed by atoms with Crippen LogP contribution in [0.2, 0.25) is 0 Å². The summed E-state index contributed by atoms with van der Waals surface area (Å²) < 4.78 is 1.69. The van der Waals surface area contributed by atoms with E-state index in [2.05, 4.69) is 30.6 Å². The quantitative estimate of drug-likeness (QED) is 0.631. The van der Waals surface area contributed by atoms with Crippen LogP contribution in [-0.2, 0) is 6.54 Å². The van der Waals surface area contributed by atoms with Crippen LogP contribution in [-0.4, -0.2) is 35.9 Å². The van der Waals surface area contributed by atoms with Crippen molar-refractivity contribution in [3.8, 4) is 0 Å². The van der Waals surface area contributed by atoms with Crippen molar-refractivity contribution in [3.05, 3.63) is 48.3 Å². The van der Waals surface area contributed by atoms with Gasteiger partial charge in [-0.05, 0) is 17.7 Å². The number of rotatable bonds is 4. The van der Waals surface area contributed by atoms with E-state index in [9.17, 15) is 4.79 Å². The van der Waals surface area contributed by atoms with Gasteiger partial charge in [-0.1, -0.05) is 12.1 Å². The molecule has 0 aliphatic carbocycles. The molecule has 0 unspecified atom stereocenters. The third-order valence-corrected chi connectivity index (χ3v) is 2.71. The Balaban J connectivity index is 1.72. The number of carbonyl (C=O) groups excluding carboxylic acids is 1. The molecule has 0 saturated carbocycles. The standard InChI is InChI=1S/C12H12N8O/c13-12-17-10(18-19-12)11(21)16-9-3-1-2-8(4-9)5-20-7-14-6-15-20/h1-4,6-7H,5H2,(H,16,21)(H3,13,17,18,19). The number of hydrogen-bond donors (Lipinski definition) is 3. The van der Waals surface area contributed by atoms with Gasteiger partial charge < -0.3 is 11.1 Å². The first-order valence-electron chi connectivity index (χ1n) is 6.11. The Labute approximate surface area is 119 Å². The Morgan fingerprint density at radius 3 is 3.05 bits per heavy atom. The van der Waals surface area contributed by atoms with E-state index < -0.39 is 5.91 Å². The maximum absolute atomic E-state index is 11.9. The zero-order valence-electron chi connectivity index (χ0n) is 10.9. The molecule has 0 aliphatic rings. The number of H-pyrrole nitrogens is 1. The summed E-state index contributed by atoms with van der Waals surface area (Å²) >= 11 is 0. The summed E-state index contributed by atoms with van der Waals surface area (Å²) in [4.78, 5) is 19.6. The van der Waals surface area contributed by atoms with Gasteiger partial charge in [-0.25, -0.2) is 9.67 Å². The van der Waals surface area contributed by atoms with E-state index in [-0.39, 0.29) is 11.8 Å². The van der Waals surface area contributed by atoms with Gasteiger partial charge >= 0.3 is 0 Å². The lowest BCUT2D eigenvalue weighted by atomic mass is 10.2. The number of anilines is 2. The van der Waals surface area contributed by atoms with Crippen molar-refractivity contribution in [1.82, 2.24) is 29.9 Å². The summed E-state index contributed by atoms with van der Waals surface area (Å²) in [6, 6.07) is 7.40. The van der Waals surface area contributed by atoms with Gasteiger partial charge in [-0.2, -0.15) is 10.1 Å². The Kier molecular flexibility index (Phi) is 3.29. The molecule has 1 amide bonds. The van der Waals surface area contributed by atoms with Gasteiger partial charge in [0.05, 0.1) is 6.54 Å². The summed E-state index contributed by atoms with van der Waals surface area (Å²) in [6.45, 7) is 0.568. The van der Waals surface area contributed by atoms with E-state index in [1.807, 2.05) is 18.2 Å². The average molecular weight is 284 g/mol. The number of carbonyl (C=O) groups is 1. The molecule has 2 heterocycles. The Bertz CT molecular complexity index is 748. The highest BCUT2D eigenvalue weighted by atomic mass is 16.2. The first-order chi connectivity index (χ1) is 10.2. The molecule has 106 valence electrons. The second-order valence-corrected chi connectivity index (χ2v) is 4.29. The molecule has 0 atom stereocenters. The minimum absolute atomic E-state index is 0.0279. The first kappa shape index (κ1) is 12.8. The van der Waals surface area contributed by atoms with E-state index in [0.717, 1.165) is 5.56 Å². The Morgan fingerprint density at radius 2 is 2.33 bits per heavy atom. The van der Waals surface area contributed by atoms with E-state index >= 15 is 0 Å². The molecular weight excluding hydrogens is 272 g/mol. The number of nitrogens with zero attached hydrogens (tertiary/aromatic N) is 5. The van der Waals surface area contributed by atoms with Crippen molar-refractivity contribution in [1.29, 1.82) is 0 Å². The molecule has 3 rings (SSSR count). The predicted octanol–water partition coefficient (Wildman–Crippen LogP) is 0.279. The number of nitrogens with two attached hydrogens (primary N) is 1. The van der Waals surface area contributed by atoms with Crippen molar-refractivity contribution < 1.29 is 4.79 Å². The number of benzene rings is 1. The maximum Gasteiger partial charge on any atom is 0.293 e. The smallest absolute Gasteiger partial charge is 0.293 e. The second-order valence-electron chi connectivity index (χ2n) is 4.29. The number of aromatic amines is 1. The number of nitrogen functional groups attached to an aromatic ring is 1. The topological polar surface area (TPSA) is 127 Å².